The Bertz CT molecular complexity index is 1890. The molecular formula is C34H35FN8O2. The number of ether oxygens (including phenoxy) is 1. The van der Waals surface area contributed by atoms with Crippen LogP contribution in [-0.2, 0) is 16.1 Å². The van der Waals surface area contributed by atoms with E-state index in [1.54, 1.807) is 12.3 Å². The number of rotatable bonds is 11. The number of hydrogen-bond acceptors (Lipinski definition) is 8. The van der Waals surface area contributed by atoms with Gasteiger partial charge in [-0.2, -0.15) is 5.10 Å². The Balaban J connectivity index is 1.12. The molecule has 2 aliphatic heterocycles. The lowest BCUT2D eigenvalue weighted by atomic mass is 10.1. The Morgan fingerprint density at radius 1 is 1.20 bits per heavy atom. The zero-order valence-electron chi connectivity index (χ0n) is 25.1. The minimum atomic E-state index is -0.288. The number of carbonyl (C=O) groups excluding carboxylic acids is 1. The fraction of sp³-hybridized carbons (Fsp3) is 0.294. The van der Waals surface area contributed by atoms with Crippen LogP contribution in [0.1, 0.15) is 18.4 Å². The zero-order chi connectivity index (χ0) is 30.9. The van der Waals surface area contributed by atoms with E-state index in [1.165, 1.54) is 24.5 Å². The predicted octanol–water partition coefficient (Wildman–Crippen LogP) is 5.33. The van der Waals surface area contributed by atoms with Crippen molar-refractivity contribution < 1.29 is 13.9 Å². The van der Waals surface area contributed by atoms with Crippen LogP contribution in [0.3, 0.4) is 0 Å². The molecule has 2 fully saturated rings. The fourth-order valence-electron chi connectivity index (χ4n) is 6.41. The Labute approximate surface area is 260 Å². The molecule has 230 valence electrons. The lowest BCUT2D eigenvalue weighted by Crippen LogP contribution is -2.38. The summed E-state index contributed by atoms with van der Waals surface area (Å²) < 4.78 is 21.3. The second-order valence-corrected chi connectivity index (χ2v) is 11.7. The van der Waals surface area contributed by atoms with E-state index in [0.717, 1.165) is 77.8 Å². The largest absolute Gasteiger partial charge is 0.375 e. The van der Waals surface area contributed by atoms with Crippen LogP contribution in [0, 0.1) is 5.82 Å². The van der Waals surface area contributed by atoms with Gasteiger partial charge >= 0.3 is 0 Å². The Hall–Kier alpha value is -4.87. The van der Waals surface area contributed by atoms with Crippen LogP contribution in [0.25, 0.3) is 21.8 Å². The smallest absolute Gasteiger partial charge is 0.247 e. The molecule has 0 saturated carbocycles. The van der Waals surface area contributed by atoms with E-state index in [1.807, 2.05) is 48.1 Å². The van der Waals surface area contributed by atoms with Crippen LogP contribution in [0.15, 0.2) is 79.8 Å². The molecule has 7 rings (SSSR count). The first kappa shape index (κ1) is 28.9. The summed E-state index contributed by atoms with van der Waals surface area (Å²) >= 11 is 0. The van der Waals surface area contributed by atoms with Crippen LogP contribution in [-0.4, -0.2) is 76.0 Å². The van der Waals surface area contributed by atoms with E-state index in [9.17, 15) is 9.18 Å². The Kier molecular flexibility index (Phi) is 7.86. The highest BCUT2D eigenvalue weighted by molar-refractivity contribution is 6.05. The first-order valence-corrected chi connectivity index (χ1v) is 15.2. The van der Waals surface area contributed by atoms with Crippen LogP contribution in [0.2, 0.25) is 0 Å². The summed E-state index contributed by atoms with van der Waals surface area (Å²) in [4.78, 5) is 26.2. The summed E-state index contributed by atoms with van der Waals surface area (Å²) in [7, 11) is 2.04. The van der Waals surface area contributed by atoms with Gasteiger partial charge in [0.25, 0.3) is 0 Å². The van der Waals surface area contributed by atoms with Gasteiger partial charge in [-0.3, -0.25) is 14.4 Å². The quantitative estimate of drug-likeness (QED) is 0.195. The third kappa shape index (κ3) is 6.09. The number of nitrogens with one attached hydrogen (secondary N) is 2. The number of nitrogens with zero attached hydrogens (tertiary/aromatic N) is 6. The number of fused-ring (bicyclic) bond motifs is 4. The van der Waals surface area contributed by atoms with Crippen LogP contribution in [0.5, 0.6) is 0 Å². The standard InChI is InChI=1S/C34H35FN8O2/c1-3-33(44)40-30-15-28-29(16-32(30)41(2)10-5-11-42-19-27-14-26(42)20-45-27)36-21-37-34(28)39-25-8-9-31-23(13-25)17-38-43(31)18-22-6-4-7-24(35)12-22/h3-4,6-9,12-13,15-17,21,26-27H,1,5,10-11,14,18-20H2,2H3,(H,40,44)(H,36,37,39). The predicted molar refractivity (Wildman–Crippen MR) is 174 cm³/mol. The number of morpholine rings is 1. The highest BCUT2D eigenvalue weighted by Gasteiger charge is 2.38. The average molecular weight is 607 g/mol. The first-order valence-electron chi connectivity index (χ1n) is 15.2. The molecule has 4 heterocycles. The van der Waals surface area contributed by atoms with Gasteiger partial charge < -0.3 is 20.3 Å². The highest BCUT2D eigenvalue weighted by atomic mass is 19.1. The van der Waals surface area contributed by atoms with Crippen molar-refractivity contribution in [2.45, 2.75) is 31.5 Å². The monoisotopic (exact) mass is 606 g/mol. The molecule has 45 heavy (non-hydrogen) atoms. The SMILES string of the molecule is C=CC(=O)Nc1cc2c(Nc3ccc4c(cnn4Cc4cccc(F)c4)c3)ncnc2cc1N(C)CCCN1CC2CC1CO2. The van der Waals surface area contributed by atoms with Gasteiger partial charge in [0, 0.05) is 49.2 Å². The number of anilines is 4. The molecule has 0 radical (unpaired) electrons. The molecule has 2 saturated heterocycles. The van der Waals surface area contributed by atoms with Crippen molar-refractivity contribution >= 4 is 50.6 Å². The van der Waals surface area contributed by atoms with Gasteiger partial charge in [0.2, 0.25) is 5.91 Å². The minimum Gasteiger partial charge on any atom is -0.375 e. The van der Waals surface area contributed by atoms with Gasteiger partial charge in [0.1, 0.15) is 18.0 Å². The van der Waals surface area contributed by atoms with E-state index >= 15 is 0 Å². The number of carbonyl (C=O) groups is 1. The highest BCUT2D eigenvalue weighted by Crippen LogP contribution is 2.34. The number of halogens is 1. The molecule has 3 aromatic carbocycles. The second kappa shape index (κ2) is 12.3. The maximum Gasteiger partial charge on any atom is 0.247 e. The maximum atomic E-state index is 13.7. The Morgan fingerprint density at radius 3 is 2.91 bits per heavy atom. The summed E-state index contributed by atoms with van der Waals surface area (Å²) in [6.45, 7) is 7.79. The van der Waals surface area contributed by atoms with Gasteiger partial charge in [-0.1, -0.05) is 18.7 Å². The average Bonchev–Trinajstić information content (AvgIpc) is 3.77. The number of benzene rings is 3. The van der Waals surface area contributed by atoms with Crippen molar-refractivity contribution in [1.29, 1.82) is 0 Å². The number of likely N-dealkylation sites (tertiary alicyclic amines) is 1. The third-order valence-electron chi connectivity index (χ3n) is 8.69. The number of amides is 1. The normalized spacial score (nSPS) is 17.6. The van der Waals surface area contributed by atoms with Gasteiger partial charge in [0.05, 0.1) is 47.9 Å². The van der Waals surface area contributed by atoms with E-state index in [0.29, 0.717) is 30.2 Å². The summed E-state index contributed by atoms with van der Waals surface area (Å²) in [5.41, 5.74) is 4.89. The molecule has 2 aromatic heterocycles. The van der Waals surface area contributed by atoms with Crippen LogP contribution < -0.4 is 15.5 Å². The van der Waals surface area contributed by atoms with Crippen molar-refractivity contribution in [1.82, 2.24) is 24.6 Å². The molecule has 0 spiro atoms. The zero-order valence-corrected chi connectivity index (χ0v) is 25.1. The molecule has 2 bridgehead atoms. The third-order valence-corrected chi connectivity index (χ3v) is 8.69. The lowest BCUT2D eigenvalue weighted by molar-refractivity contribution is -0.111. The molecular weight excluding hydrogens is 571 g/mol. The number of hydrogen-bond donors (Lipinski definition) is 2. The van der Waals surface area contributed by atoms with Crippen molar-refractivity contribution in [3.05, 3.63) is 91.2 Å². The second-order valence-electron chi connectivity index (χ2n) is 11.7. The summed E-state index contributed by atoms with van der Waals surface area (Å²) in [6.07, 6.45) is 7.12. The molecule has 2 unspecified atom stereocenters. The minimum absolute atomic E-state index is 0.265. The molecule has 2 N–H and O–H groups in total. The van der Waals surface area contributed by atoms with Gasteiger partial charge in [-0.15, -0.1) is 0 Å². The van der Waals surface area contributed by atoms with Crippen molar-refractivity contribution in [2.75, 3.05) is 48.8 Å². The van der Waals surface area contributed by atoms with Crippen LogP contribution in [0.4, 0.5) is 27.3 Å². The molecule has 0 aliphatic carbocycles. The van der Waals surface area contributed by atoms with Gasteiger partial charge in [-0.25, -0.2) is 14.4 Å². The van der Waals surface area contributed by atoms with Crippen LogP contribution >= 0.6 is 0 Å². The topological polar surface area (TPSA) is 100 Å². The maximum absolute atomic E-state index is 13.7. The molecule has 11 heteroatoms. The first-order chi connectivity index (χ1) is 21.9. The lowest BCUT2D eigenvalue weighted by Gasteiger charge is -2.28. The molecule has 5 aromatic rings. The van der Waals surface area contributed by atoms with Gasteiger partial charge in [0.15, 0.2) is 0 Å². The summed E-state index contributed by atoms with van der Waals surface area (Å²) in [6, 6.07) is 16.9. The molecule has 10 nitrogen and oxygen atoms in total. The van der Waals surface area contributed by atoms with Crippen molar-refractivity contribution in [3.8, 4) is 0 Å². The molecule has 2 atom stereocenters. The number of aromatic nitrogens is 4. The van der Waals surface area contributed by atoms with Crippen molar-refractivity contribution in [3.63, 3.8) is 0 Å². The summed E-state index contributed by atoms with van der Waals surface area (Å²) in [5, 5.41) is 12.6. The van der Waals surface area contributed by atoms with E-state index < -0.39 is 0 Å². The van der Waals surface area contributed by atoms with E-state index in [-0.39, 0.29) is 11.7 Å². The molecule has 1 amide bonds. The fourth-order valence-corrected chi connectivity index (χ4v) is 6.41. The van der Waals surface area contributed by atoms with Gasteiger partial charge in [-0.05, 0) is 66.9 Å². The van der Waals surface area contributed by atoms with E-state index in [4.69, 9.17) is 4.74 Å². The Morgan fingerprint density at radius 2 is 2.11 bits per heavy atom. The van der Waals surface area contributed by atoms with E-state index in [2.05, 4.69) is 42.1 Å². The molecule has 2 aliphatic rings. The summed E-state index contributed by atoms with van der Waals surface area (Å²) in [5.74, 6) is 0.0590. The van der Waals surface area contributed by atoms with Crippen molar-refractivity contribution in [2.24, 2.45) is 0 Å².